The Kier molecular flexibility index (Phi) is 5.05. The molecule has 5 heteroatoms. The molecule has 2 rings (SSSR count). The minimum atomic E-state index is -0.515. The third-order valence-electron chi connectivity index (χ3n) is 3.62. The SMILES string of the molecule is CC(C)(C)OC(=O)N1CCC(=C(C#N)c2ccc(F)cc2)CC1. The van der Waals surface area contributed by atoms with Crippen molar-refractivity contribution < 1.29 is 13.9 Å². The Morgan fingerprint density at radius 2 is 1.78 bits per heavy atom. The number of benzene rings is 1. The van der Waals surface area contributed by atoms with Gasteiger partial charge in [0.25, 0.3) is 0 Å². The highest BCUT2D eigenvalue weighted by Gasteiger charge is 2.25. The average Bonchev–Trinajstić information content (AvgIpc) is 2.49. The molecule has 1 aliphatic rings. The maximum absolute atomic E-state index is 13.0. The molecule has 0 radical (unpaired) electrons. The number of amides is 1. The number of ether oxygens (including phenoxy) is 1. The lowest BCUT2D eigenvalue weighted by atomic mass is 9.94. The second kappa shape index (κ2) is 6.82. The third-order valence-corrected chi connectivity index (χ3v) is 3.62. The van der Waals surface area contributed by atoms with Crippen LogP contribution >= 0.6 is 0 Å². The van der Waals surface area contributed by atoms with Gasteiger partial charge in [-0.1, -0.05) is 12.1 Å². The van der Waals surface area contributed by atoms with Crippen LogP contribution in [0.3, 0.4) is 0 Å². The fraction of sp³-hybridized carbons (Fsp3) is 0.444. The van der Waals surface area contributed by atoms with E-state index in [0.717, 1.165) is 11.1 Å². The van der Waals surface area contributed by atoms with E-state index in [1.807, 2.05) is 20.8 Å². The molecule has 122 valence electrons. The Labute approximate surface area is 136 Å². The zero-order chi connectivity index (χ0) is 17.0. The summed E-state index contributed by atoms with van der Waals surface area (Å²) in [6, 6.07) is 8.14. The van der Waals surface area contributed by atoms with Gasteiger partial charge in [-0.25, -0.2) is 9.18 Å². The Hall–Kier alpha value is -2.35. The Morgan fingerprint density at radius 1 is 1.22 bits per heavy atom. The number of rotatable bonds is 1. The van der Waals surface area contributed by atoms with E-state index >= 15 is 0 Å². The summed E-state index contributed by atoms with van der Waals surface area (Å²) >= 11 is 0. The number of carbonyl (C=O) groups is 1. The molecule has 0 unspecified atom stereocenters. The monoisotopic (exact) mass is 316 g/mol. The number of halogens is 1. The highest BCUT2D eigenvalue weighted by molar-refractivity contribution is 5.79. The molecule has 0 spiro atoms. The number of hydrogen-bond acceptors (Lipinski definition) is 3. The van der Waals surface area contributed by atoms with Crippen molar-refractivity contribution in [1.82, 2.24) is 4.90 Å². The summed E-state index contributed by atoms with van der Waals surface area (Å²) in [5.41, 5.74) is 1.78. The van der Waals surface area contributed by atoms with Gasteiger partial charge in [-0.2, -0.15) is 5.26 Å². The second-order valence-electron chi connectivity index (χ2n) is 6.56. The normalized spacial score (nSPS) is 15.1. The van der Waals surface area contributed by atoms with Crippen LogP contribution in [-0.2, 0) is 4.74 Å². The molecular formula is C18H21FN2O2. The lowest BCUT2D eigenvalue weighted by molar-refractivity contribution is 0.0236. The number of allylic oxidation sites excluding steroid dienone is 1. The first kappa shape index (κ1) is 17.0. The number of piperidine rings is 1. The topological polar surface area (TPSA) is 53.3 Å². The molecule has 1 aromatic rings. The Balaban J connectivity index is 2.08. The minimum Gasteiger partial charge on any atom is -0.444 e. The maximum atomic E-state index is 13.0. The smallest absolute Gasteiger partial charge is 0.410 e. The number of nitriles is 1. The van der Waals surface area contributed by atoms with Crippen LogP contribution in [0, 0.1) is 17.1 Å². The second-order valence-corrected chi connectivity index (χ2v) is 6.56. The van der Waals surface area contributed by atoms with Crippen LogP contribution in [0.25, 0.3) is 5.57 Å². The van der Waals surface area contributed by atoms with Gasteiger partial charge in [-0.15, -0.1) is 0 Å². The standard InChI is InChI=1S/C18H21FN2O2/c1-18(2,3)23-17(22)21-10-8-14(9-11-21)16(12-20)13-4-6-15(19)7-5-13/h4-7H,8-11H2,1-3H3. The van der Waals surface area contributed by atoms with Crippen LogP contribution in [0.15, 0.2) is 29.8 Å². The van der Waals surface area contributed by atoms with Gasteiger partial charge < -0.3 is 9.64 Å². The molecule has 0 aliphatic carbocycles. The molecule has 1 fully saturated rings. The van der Waals surface area contributed by atoms with E-state index in [9.17, 15) is 14.4 Å². The molecule has 1 heterocycles. The van der Waals surface area contributed by atoms with Crippen LogP contribution < -0.4 is 0 Å². The van der Waals surface area contributed by atoms with Gasteiger partial charge in [0.2, 0.25) is 0 Å². The Morgan fingerprint density at radius 3 is 2.26 bits per heavy atom. The molecule has 0 N–H and O–H groups in total. The Bertz CT molecular complexity index is 641. The van der Waals surface area contributed by atoms with Crippen molar-refractivity contribution in [2.24, 2.45) is 0 Å². The summed E-state index contributed by atoms with van der Waals surface area (Å²) in [4.78, 5) is 13.7. The van der Waals surface area contributed by atoms with Gasteiger partial charge in [0.05, 0.1) is 11.6 Å². The largest absolute Gasteiger partial charge is 0.444 e. The predicted octanol–water partition coefficient (Wildman–Crippen LogP) is 4.13. The molecule has 4 nitrogen and oxygen atoms in total. The summed E-state index contributed by atoms with van der Waals surface area (Å²) in [7, 11) is 0. The molecule has 1 saturated heterocycles. The summed E-state index contributed by atoms with van der Waals surface area (Å²) < 4.78 is 18.4. The first-order chi connectivity index (χ1) is 10.8. The van der Waals surface area contributed by atoms with E-state index in [4.69, 9.17) is 4.74 Å². The van der Waals surface area contributed by atoms with Crippen molar-refractivity contribution in [2.75, 3.05) is 13.1 Å². The number of likely N-dealkylation sites (tertiary alicyclic amines) is 1. The molecule has 0 atom stereocenters. The molecule has 1 aromatic carbocycles. The summed E-state index contributed by atoms with van der Waals surface area (Å²) in [5, 5.41) is 9.42. The van der Waals surface area contributed by atoms with Crippen LogP contribution in [0.5, 0.6) is 0 Å². The first-order valence-electron chi connectivity index (χ1n) is 7.66. The predicted molar refractivity (Wildman–Crippen MR) is 86.0 cm³/mol. The van der Waals surface area contributed by atoms with E-state index in [2.05, 4.69) is 6.07 Å². The van der Waals surface area contributed by atoms with Gasteiger partial charge in [-0.05, 0) is 56.9 Å². The summed E-state index contributed by atoms with van der Waals surface area (Å²) in [5.74, 6) is -0.323. The number of carbonyl (C=O) groups excluding carboxylic acids is 1. The fourth-order valence-electron chi connectivity index (χ4n) is 2.50. The minimum absolute atomic E-state index is 0.322. The maximum Gasteiger partial charge on any atom is 0.410 e. The van der Waals surface area contributed by atoms with Crippen LogP contribution in [0.1, 0.15) is 39.2 Å². The van der Waals surface area contributed by atoms with Crippen molar-refractivity contribution in [3.63, 3.8) is 0 Å². The summed E-state index contributed by atoms with van der Waals surface area (Å²) in [6.07, 6.45) is 0.927. The highest BCUT2D eigenvalue weighted by Crippen LogP contribution is 2.27. The molecule has 1 aliphatic heterocycles. The lowest BCUT2D eigenvalue weighted by Gasteiger charge is -2.31. The number of nitrogens with zero attached hydrogens (tertiary/aromatic N) is 2. The van der Waals surface area contributed by atoms with Crippen molar-refractivity contribution in [1.29, 1.82) is 5.26 Å². The quantitative estimate of drug-likeness (QED) is 0.732. The lowest BCUT2D eigenvalue weighted by Crippen LogP contribution is -2.40. The molecule has 0 aromatic heterocycles. The van der Waals surface area contributed by atoms with Crippen molar-refractivity contribution in [3.05, 3.63) is 41.2 Å². The molecule has 1 amide bonds. The van der Waals surface area contributed by atoms with Crippen molar-refractivity contribution >= 4 is 11.7 Å². The average molecular weight is 316 g/mol. The zero-order valence-electron chi connectivity index (χ0n) is 13.7. The molecular weight excluding hydrogens is 295 g/mol. The van der Waals surface area contributed by atoms with E-state index < -0.39 is 5.60 Å². The van der Waals surface area contributed by atoms with Crippen LogP contribution in [0.2, 0.25) is 0 Å². The van der Waals surface area contributed by atoms with Gasteiger partial charge in [0.1, 0.15) is 11.4 Å². The third kappa shape index (κ3) is 4.56. The van der Waals surface area contributed by atoms with Crippen LogP contribution in [-0.4, -0.2) is 29.7 Å². The van der Waals surface area contributed by atoms with Crippen molar-refractivity contribution in [2.45, 2.75) is 39.2 Å². The van der Waals surface area contributed by atoms with E-state index in [-0.39, 0.29) is 11.9 Å². The number of hydrogen-bond donors (Lipinski definition) is 0. The fourth-order valence-corrected chi connectivity index (χ4v) is 2.50. The van der Waals surface area contributed by atoms with Gasteiger partial charge in [0.15, 0.2) is 0 Å². The van der Waals surface area contributed by atoms with E-state index in [0.29, 0.717) is 31.5 Å². The highest BCUT2D eigenvalue weighted by atomic mass is 19.1. The summed E-state index contributed by atoms with van der Waals surface area (Å²) in [6.45, 7) is 6.56. The van der Waals surface area contributed by atoms with Crippen LogP contribution in [0.4, 0.5) is 9.18 Å². The molecule has 0 bridgehead atoms. The van der Waals surface area contributed by atoms with E-state index in [1.165, 1.54) is 12.1 Å². The molecule has 0 saturated carbocycles. The first-order valence-corrected chi connectivity index (χ1v) is 7.66. The molecule has 23 heavy (non-hydrogen) atoms. The van der Waals surface area contributed by atoms with Gasteiger partial charge in [0, 0.05) is 13.1 Å². The zero-order valence-corrected chi connectivity index (χ0v) is 13.7. The van der Waals surface area contributed by atoms with Gasteiger partial charge in [-0.3, -0.25) is 0 Å². The van der Waals surface area contributed by atoms with Crippen molar-refractivity contribution in [3.8, 4) is 6.07 Å². The van der Waals surface area contributed by atoms with Gasteiger partial charge >= 0.3 is 6.09 Å². The van der Waals surface area contributed by atoms with E-state index in [1.54, 1.807) is 17.0 Å².